The molecule has 0 bridgehead atoms. The molecule has 0 amide bonds. The Morgan fingerprint density at radius 1 is 0.692 bits per heavy atom. The Morgan fingerprint density at radius 2 is 1.27 bits per heavy atom. The second kappa shape index (κ2) is 12.7. The van der Waals surface area contributed by atoms with Gasteiger partial charge in [0.2, 0.25) is 0 Å². The van der Waals surface area contributed by atoms with E-state index in [1.807, 2.05) is 0 Å². The van der Waals surface area contributed by atoms with Crippen LogP contribution < -0.4 is 0 Å². The van der Waals surface area contributed by atoms with Gasteiger partial charge in [-0.25, -0.2) is 0 Å². The Balaban J connectivity index is 1.63. The third-order valence-corrected chi connectivity index (χ3v) is 9.36. The highest BCUT2D eigenvalue weighted by molar-refractivity contribution is 8.00. The van der Waals surface area contributed by atoms with E-state index in [-0.39, 0.29) is 0 Å². The average Bonchev–Trinajstić information content (AvgIpc) is 2.69. The van der Waals surface area contributed by atoms with E-state index in [1.54, 1.807) is 38.5 Å². The lowest BCUT2D eigenvalue weighted by atomic mass is 9.68. The molecule has 0 aromatic heterocycles. The Kier molecular flexibility index (Phi) is 11.1. The number of hydrogen-bond donors (Lipinski definition) is 0. The highest BCUT2D eigenvalue weighted by atomic mass is 32.2. The van der Waals surface area contributed by atoms with Crippen LogP contribution in [-0.4, -0.2) is 11.0 Å². The van der Waals surface area contributed by atoms with Gasteiger partial charge >= 0.3 is 0 Å². The normalized spacial score (nSPS) is 32.7. The van der Waals surface area contributed by atoms with E-state index in [2.05, 4.69) is 31.9 Å². The molecule has 26 heavy (non-hydrogen) atoms. The maximum absolute atomic E-state index is 2.39. The molecule has 154 valence electrons. The standard InChI is InChI=1S/C25H48S/c1-4-6-8-9-10-12-22-13-15-23(16-14-22)24-17-20-25(26-3,21-18-24)19-11-7-5-2/h22-24H,4-21H2,1-3H3. The van der Waals surface area contributed by atoms with Crippen LogP contribution >= 0.6 is 11.8 Å². The molecule has 0 aliphatic heterocycles. The molecule has 0 aromatic carbocycles. The van der Waals surface area contributed by atoms with Crippen molar-refractivity contribution in [2.24, 2.45) is 17.8 Å². The minimum atomic E-state index is 0.654. The molecule has 2 fully saturated rings. The second-order valence-corrected chi connectivity index (χ2v) is 10.9. The highest BCUT2D eigenvalue weighted by Crippen LogP contribution is 2.48. The van der Waals surface area contributed by atoms with Crippen molar-refractivity contribution in [1.82, 2.24) is 0 Å². The van der Waals surface area contributed by atoms with Gasteiger partial charge < -0.3 is 0 Å². The Hall–Kier alpha value is 0.350. The van der Waals surface area contributed by atoms with Gasteiger partial charge in [0.05, 0.1) is 0 Å². The van der Waals surface area contributed by atoms with E-state index in [0.29, 0.717) is 4.75 Å². The smallest absolute Gasteiger partial charge is 0.0157 e. The van der Waals surface area contributed by atoms with Gasteiger partial charge in [0.1, 0.15) is 0 Å². The Bertz CT molecular complexity index is 334. The fourth-order valence-electron chi connectivity index (χ4n) is 5.88. The van der Waals surface area contributed by atoms with Crippen LogP contribution in [0.3, 0.4) is 0 Å². The number of rotatable bonds is 12. The van der Waals surface area contributed by atoms with Crippen molar-refractivity contribution >= 4 is 11.8 Å². The average molecular weight is 381 g/mol. The summed E-state index contributed by atoms with van der Waals surface area (Å²) in [5, 5.41) is 0. The molecule has 2 aliphatic carbocycles. The third kappa shape index (κ3) is 7.40. The molecule has 0 heterocycles. The minimum Gasteiger partial charge on any atom is -0.159 e. The monoisotopic (exact) mass is 380 g/mol. The van der Waals surface area contributed by atoms with E-state index in [4.69, 9.17) is 0 Å². The molecular formula is C25H48S. The predicted octanol–water partition coefficient (Wildman–Crippen LogP) is 9.03. The number of hydrogen-bond acceptors (Lipinski definition) is 1. The van der Waals surface area contributed by atoms with Crippen LogP contribution in [0.2, 0.25) is 0 Å². The van der Waals surface area contributed by atoms with Crippen LogP contribution in [-0.2, 0) is 0 Å². The van der Waals surface area contributed by atoms with Gasteiger partial charge in [-0.15, -0.1) is 0 Å². The summed E-state index contributed by atoms with van der Waals surface area (Å²) in [5.74, 6) is 3.24. The molecule has 0 N–H and O–H groups in total. The first-order valence-corrected chi connectivity index (χ1v) is 13.5. The summed E-state index contributed by atoms with van der Waals surface area (Å²) < 4.78 is 0.654. The van der Waals surface area contributed by atoms with Gasteiger partial charge in [0, 0.05) is 4.75 Å². The largest absolute Gasteiger partial charge is 0.159 e. The lowest BCUT2D eigenvalue weighted by Gasteiger charge is -2.43. The van der Waals surface area contributed by atoms with Gasteiger partial charge in [-0.2, -0.15) is 11.8 Å². The first-order valence-electron chi connectivity index (χ1n) is 12.3. The molecule has 2 aliphatic rings. The van der Waals surface area contributed by atoms with Crippen LogP contribution in [0.1, 0.15) is 129 Å². The molecule has 2 rings (SSSR count). The second-order valence-electron chi connectivity index (χ2n) is 9.67. The lowest BCUT2D eigenvalue weighted by Crippen LogP contribution is -2.34. The summed E-state index contributed by atoms with van der Waals surface area (Å²) in [7, 11) is 0. The third-order valence-electron chi connectivity index (χ3n) is 7.88. The van der Waals surface area contributed by atoms with Crippen molar-refractivity contribution in [3.8, 4) is 0 Å². The zero-order valence-corrected chi connectivity index (χ0v) is 19.2. The van der Waals surface area contributed by atoms with Crippen molar-refractivity contribution in [3.05, 3.63) is 0 Å². The number of thioether (sulfide) groups is 1. The Morgan fingerprint density at radius 3 is 1.88 bits per heavy atom. The predicted molar refractivity (Wildman–Crippen MR) is 121 cm³/mol. The molecule has 0 atom stereocenters. The van der Waals surface area contributed by atoms with Gasteiger partial charge in [-0.1, -0.05) is 84.5 Å². The Labute approximate surface area is 170 Å². The first kappa shape index (κ1) is 22.6. The van der Waals surface area contributed by atoms with Crippen LogP contribution in [0.5, 0.6) is 0 Å². The van der Waals surface area contributed by atoms with E-state index in [1.165, 1.54) is 77.0 Å². The van der Waals surface area contributed by atoms with E-state index in [9.17, 15) is 0 Å². The van der Waals surface area contributed by atoms with E-state index >= 15 is 0 Å². The summed E-state index contributed by atoms with van der Waals surface area (Å²) in [5.41, 5.74) is 0. The van der Waals surface area contributed by atoms with Gasteiger partial charge in [0.25, 0.3) is 0 Å². The first-order chi connectivity index (χ1) is 12.7. The van der Waals surface area contributed by atoms with Crippen LogP contribution in [0.4, 0.5) is 0 Å². The SMILES string of the molecule is CCCCCCCC1CCC(C2CCC(CCCCC)(SC)CC2)CC1. The van der Waals surface area contributed by atoms with Crippen molar-refractivity contribution < 1.29 is 0 Å². The van der Waals surface area contributed by atoms with Crippen molar-refractivity contribution in [2.45, 2.75) is 134 Å². The van der Waals surface area contributed by atoms with Gasteiger partial charge in [0.15, 0.2) is 0 Å². The topological polar surface area (TPSA) is 0 Å². The molecule has 0 saturated heterocycles. The van der Waals surface area contributed by atoms with E-state index in [0.717, 1.165) is 17.8 Å². The van der Waals surface area contributed by atoms with Crippen LogP contribution in [0, 0.1) is 17.8 Å². The fourth-order valence-corrected chi connectivity index (χ4v) is 6.87. The summed E-state index contributed by atoms with van der Waals surface area (Å²) in [6.07, 6.45) is 29.3. The van der Waals surface area contributed by atoms with Gasteiger partial charge in [-0.05, 0) is 69.0 Å². The van der Waals surface area contributed by atoms with Crippen molar-refractivity contribution in [3.63, 3.8) is 0 Å². The molecule has 0 spiro atoms. The number of unbranched alkanes of at least 4 members (excludes halogenated alkanes) is 6. The van der Waals surface area contributed by atoms with Crippen LogP contribution in [0.25, 0.3) is 0 Å². The fraction of sp³-hybridized carbons (Fsp3) is 1.00. The van der Waals surface area contributed by atoms with Crippen molar-refractivity contribution in [2.75, 3.05) is 6.26 Å². The molecule has 0 nitrogen and oxygen atoms in total. The molecule has 1 heteroatoms. The molecule has 2 saturated carbocycles. The summed E-state index contributed by atoms with van der Waals surface area (Å²) in [4.78, 5) is 0. The quantitative estimate of drug-likeness (QED) is 0.304. The van der Waals surface area contributed by atoms with Crippen LogP contribution in [0.15, 0.2) is 0 Å². The molecular weight excluding hydrogens is 332 g/mol. The maximum atomic E-state index is 2.39. The van der Waals surface area contributed by atoms with Gasteiger partial charge in [-0.3, -0.25) is 0 Å². The zero-order valence-electron chi connectivity index (χ0n) is 18.4. The van der Waals surface area contributed by atoms with E-state index < -0.39 is 0 Å². The molecule has 0 radical (unpaired) electrons. The molecule has 0 unspecified atom stereocenters. The lowest BCUT2D eigenvalue weighted by molar-refractivity contribution is 0.148. The molecule has 0 aromatic rings. The van der Waals surface area contributed by atoms with Crippen molar-refractivity contribution in [1.29, 1.82) is 0 Å². The zero-order chi connectivity index (χ0) is 18.7. The highest BCUT2D eigenvalue weighted by Gasteiger charge is 2.37. The summed E-state index contributed by atoms with van der Waals surface area (Å²) in [6, 6.07) is 0. The maximum Gasteiger partial charge on any atom is 0.0157 e. The summed E-state index contributed by atoms with van der Waals surface area (Å²) in [6.45, 7) is 4.66. The minimum absolute atomic E-state index is 0.654. The summed E-state index contributed by atoms with van der Waals surface area (Å²) >= 11 is 2.21.